The third kappa shape index (κ3) is 4.33. The molecule has 2 atom stereocenters. The molecule has 0 aromatic heterocycles. The van der Waals surface area contributed by atoms with E-state index in [1.165, 1.54) is 5.56 Å². The fraction of sp³-hybridized carbons (Fsp3) is 0.278. The van der Waals surface area contributed by atoms with E-state index in [1.54, 1.807) is 6.07 Å². The molecule has 22 heavy (non-hydrogen) atoms. The van der Waals surface area contributed by atoms with Crippen molar-refractivity contribution in [3.8, 4) is 0 Å². The molecule has 0 aliphatic carbocycles. The Kier molecular flexibility index (Phi) is 5.58. The number of aryl methyl sites for hydroxylation is 1. The normalized spacial score (nSPS) is 13.5. The second kappa shape index (κ2) is 7.43. The fourth-order valence-corrected chi connectivity index (χ4v) is 2.54. The average Bonchev–Trinajstić information content (AvgIpc) is 2.51. The highest BCUT2D eigenvalue weighted by Gasteiger charge is 2.20. The molecule has 0 unspecified atom stereocenters. The quantitative estimate of drug-likeness (QED) is 0.873. The first-order valence-electron chi connectivity index (χ1n) is 7.44. The minimum absolute atomic E-state index is 0.0202. The van der Waals surface area contributed by atoms with Gasteiger partial charge in [-0.15, -0.1) is 0 Å². The minimum Gasteiger partial charge on any atom is -0.330 e. The van der Waals surface area contributed by atoms with E-state index in [4.69, 9.17) is 11.6 Å². The van der Waals surface area contributed by atoms with E-state index < -0.39 is 0 Å². The van der Waals surface area contributed by atoms with Gasteiger partial charge >= 0.3 is 0 Å². The van der Waals surface area contributed by atoms with Crippen molar-refractivity contribution in [2.75, 3.05) is 5.32 Å². The molecular formula is C18H22ClN2O+. The van der Waals surface area contributed by atoms with Gasteiger partial charge in [0, 0.05) is 16.3 Å². The highest BCUT2D eigenvalue weighted by atomic mass is 35.5. The number of anilines is 1. The smallest absolute Gasteiger partial charge is 0.282 e. The topological polar surface area (TPSA) is 45.7 Å². The van der Waals surface area contributed by atoms with Crippen molar-refractivity contribution < 1.29 is 10.1 Å². The van der Waals surface area contributed by atoms with Gasteiger partial charge in [-0.05, 0) is 38.5 Å². The van der Waals surface area contributed by atoms with Crippen molar-refractivity contribution in [2.24, 2.45) is 0 Å². The maximum atomic E-state index is 12.4. The number of rotatable bonds is 5. The van der Waals surface area contributed by atoms with E-state index >= 15 is 0 Å². The summed E-state index contributed by atoms with van der Waals surface area (Å²) in [5.41, 5.74) is 2.98. The van der Waals surface area contributed by atoms with Crippen molar-refractivity contribution in [3.05, 3.63) is 64.7 Å². The van der Waals surface area contributed by atoms with Crippen LogP contribution in [0.2, 0.25) is 5.02 Å². The highest BCUT2D eigenvalue weighted by molar-refractivity contribution is 6.31. The molecule has 0 aliphatic rings. The molecule has 3 N–H and O–H groups in total. The van der Waals surface area contributed by atoms with Crippen molar-refractivity contribution in [2.45, 2.75) is 32.9 Å². The molecule has 2 rings (SSSR count). The summed E-state index contributed by atoms with van der Waals surface area (Å²) < 4.78 is 0. The summed E-state index contributed by atoms with van der Waals surface area (Å²) in [6.07, 6.45) is 0. The lowest BCUT2D eigenvalue weighted by Gasteiger charge is -2.17. The van der Waals surface area contributed by atoms with Crippen molar-refractivity contribution in [1.82, 2.24) is 0 Å². The number of quaternary nitrogens is 1. The standard InChI is InChI=1S/C18H21ClN2O/c1-12-9-10-16(19)11-17(12)21-18(22)14(3)20-13(2)15-7-5-4-6-8-15/h4-11,13-14,20H,1-3H3,(H,21,22)/p+1/t13-,14+/m0/s1. The Bertz CT molecular complexity index is 643. The first-order chi connectivity index (χ1) is 10.5. The lowest BCUT2D eigenvalue weighted by molar-refractivity contribution is -0.709. The number of carbonyl (C=O) groups is 1. The number of benzene rings is 2. The molecule has 0 bridgehead atoms. The summed E-state index contributed by atoms with van der Waals surface area (Å²) in [6, 6.07) is 15.7. The number of nitrogens with one attached hydrogen (secondary N) is 1. The second-order valence-corrected chi connectivity index (χ2v) is 6.07. The molecule has 1 amide bonds. The van der Waals surface area contributed by atoms with Crippen LogP contribution in [0.5, 0.6) is 0 Å². The Labute approximate surface area is 136 Å². The molecule has 0 saturated carbocycles. The van der Waals surface area contributed by atoms with Gasteiger partial charge in [-0.2, -0.15) is 0 Å². The molecule has 3 nitrogen and oxygen atoms in total. The maximum Gasteiger partial charge on any atom is 0.282 e. The second-order valence-electron chi connectivity index (χ2n) is 5.63. The summed E-state index contributed by atoms with van der Waals surface area (Å²) >= 11 is 5.99. The molecule has 0 spiro atoms. The van der Waals surface area contributed by atoms with Gasteiger partial charge in [0.15, 0.2) is 6.04 Å². The molecule has 0 radical (unpaired) electrons. The van der Waals surface area contributed by atoms with Crippen LogP contribution >= 0.6 is 11.6 Å². The number of carbonyl (C=O) groups excluding carboxylic acids is 1. The number of halogens is 1. The lowest BCUT2D eigenvalue weighted by atomic mass is 10.1. The zero-order valence-electron chi connectivity index (χ0n) is 13.1. The largest absolute Gasteiger partial charge is 0.330 e. The molecule has 0 saturated heterocycles. The molecular weight excluding hydrogens is 296 g/mol. The van der Waals surface area contributed by atoms with Crippen LogP contribution in [0.1, 0.15) is 31.0 Å². The predicted octanol–water partition coefficient (Wildman–Crippen LogP) is 3.30. The van der Waals surface area contributed by atoms with E-state index in [0.29, 0.717) is 5.02 Å². The van der Waals surface area contributed by atoms with Crippen LogP contribution in [0, 0.1) is 6.92 Å². The molecule has 0 aliphatic heterocycles. The Morgan fingerprint density at radius 1 is 1.14 bits per heavy atom. The Morgan fingerprint density at radius 3 is 2.50 bits per heavy atom. The van der Waals surface area contributed by atoms with E-state index in [9.17, 15) is 4.79 Å². The molecule has 4 heteroatoms. The van der Waals surface area contributed by atoms with Crippen molar-refractivity contribution >= 4 is 23.2 Å². The van der Waals surface area contributed by atoms with E-state index in [-0.39, 0.29) is 18.0 Å². The van der Waals surface area contributed by atoms with Gasteiger partial charge in [-0.3, -0.25) is 4.79 Å². The lowest BCUT2D eigenvalue weighted by Crippen LogP contribution is -2.91. The van der Waals surface area contributed by atoms with Gasteiger partial charge in [-0.1, -0.05) is 48.0 Å². The summed E-state index contributed by atoms with van der Waals surface area (Å²) in [5.74, 6) is -0.0202. The van der Waals surface area contributed by atoms with Crippen LogP contribution in [0.25, 0.3) is 0 Å². The minimum atomic E-state index is -0.186. The molecule has 2 aromatic rings. The zero-order chi connectivity index (χ0) is 16.1. The third-order valence-electron chi connectivity index (χ3n) is 3.77. The summed E-state index contributed by atoms with van der Waals surface area (Å²) in [6.45, 7) is 5.96. The number of hydrogen-bond donors (Lipinski definition) is 2. The molecule has 0 heterocycles. The average molecular weight is 318 g/mol. The van der Waals surface area contributed by atoms with Crippen LogP contribution < -0.4 is 10.6 Å². The van der Waals surface area contributed by atoms with Gasteiger partial charge < -0.3 is 10.6 Å². The van der Waals surface area contributed by atoms with Gasteiger partial charge in [0.1, 0.15) is 6.04 Å². The van der Waals surface area contributed by atoms with Gasteiger partial charge in [0.05, 0.1) is 0 Å². The number of amides is 1. The van der Waals surface area contributed by atoms with Crippen LogP contribution in [-0.4, -0.2) is 11.9 Å². The number of hydrogen-bond acceptors (Lipinski definition) is 1. The highest BCUT2D eigenvalue weighted by Crippen LogP contribution is 2.20. The molecule has 0 fully saturated rings. The van der Waals surface area contributed by atoms with E-state index in [0.717, 1.165) is 11.3 Å². The Balaban J connectivity index is 1.99. The van der Waals surface area contributed by atoms with Crippen LogP contribution in [-0.2, 0) is 4.79 Å². The third-order valence-corrected chi connectivity index (χ3v) is 4.01. The first-order valence-corrected chi connectivity index (χ1v) is 7.82. The first kappa shape index (κ1) is 16.5. The maximum absolute atomic E-state index is 12.4. The van der Waals surface area contributed by atoms with Crippen LogP contribution in [0.4, 0.5) is 5.69 Å². The summed E-state index contributed by atoms with van der Waals surface area (Å²) in [7, 11) is 0. The van der Waals surface area contributed by atoms with Crippen molar-refractivity contribution in [3.63, 3.8) is 0 Å². The van der Waals surface area contributed by atoms with Crippen molar-refractivity contribution in [1.29, 1.82) is 0 Å². The summed E-state index contributed by atoms with van der Waals surface area (Å²) in [4.78, 5) is 12.4. The summed E-state index contributed by atoms with van der Waals surface area (Å²) in [5, 5.41) is 5.63. The van der Waals surface area contributed by atoms with Gasteiger partial charge in [-0.25, -0.2) is 0 Å². The van der Waals surface area contributed by atoms with E-state index in [1.807, 2.05) is 44.2 Å². The monoisotopic (exact) mass is 317 g/mol. The van der Waals surface area contributed by atoms with E-state index in [2.05, 4.69) is 29.7 Å². The predicted molar refractivity (Wildman–Crippen MR) is 91.1 cm³/mol. The molecule has 116 valence electrons. The van der Waals surface area contributed by atoms with Gasteiger partial charge in [0.2, 0.25) is 0 Å². The van der Waals surface area contributed by atoms with Gasteiger partial charge in [0.25, 0.3) is 5.91 Å². The fourth-order valence-electron chi connectivity index (χ4n) is 2.36. The zero-order valence-corrected chi connectivity index (χ0v) is 13.9. The Morgan fingerprint density at radius 2 is 1.82 bits per heavy atom. The van der Waals surface area contributed by atoms with Crippen LogP contribution in [0.3, 0.4) is 0 Å². The SMILES string of the molecule is Cc1ccc(Cl)cc1NC(=O)[C@@H](C)[NH2+][C@@H](C)c1ccccc1. The Hall–Kier alpha value is -1.84. The number of nitrogens with two attached hydrogens (primary N) is 1. The molecule has 2 aromatic carbocycles. The van der Waals surface area contributed by atoms with Crippen LogP contribution in [0.15, 0.2) is 48.5 Å².